The minimum absolute atomic E-state index is 0. The van der Waals surface area contributed by atoms with Gasteiger partial charge < -0.3 is 22.9 Å². The zero-order chi connectivity index (χ0) is 6.83. The molecular formula is C4H16N4Pd. The van der Waals surface area contributed by atoms with Gasteiger partial charge in [-0.2, -0.15) is 0 Å². The molecule has 0 atom stereocenters. The van der Waals surface area contributed by atoms with E-state index in [0.29, 0.717) is 26.2 Å². The third-order valence-corrected chi connectivity index (χ3v) is 0.333. The van der Waals surface area contributed by atoms with Gasteiger partial charge in [-0.05, 0) is 0 Å². The van der Waals surface area contributed by atoms with E-state index in [1.807, 2.05) is 0 Å². The first-order valence-corrected chi connectivity index (χ1v) is 2.63. The third kappa shape index (κ3) is 57.4. The van der Waals surface area contributed by atoms with Crippen LogP contribution in [0.2, 0.25) is 0 Å². The maximum absolute atomic E-state index is 4.90. The van der Waals surface area contributed by atoms with Gasteiger partial charge in [-0.15, -0.1) is 0 Å². The molecular weight excluding hydrogens is 210 g/mol. The Morgan fingerprint density at radius 3 is 0.667 bits per heavy atom. The summed E-state index contributed by atoms with van der Waals surface area (Å²) < 4.78 is 0. The molecule has 0 rings (SSSR count). The van der Waals surface area contributed by atoms with Crippen molar-refractivity contribution in [2.75, 3.05) is 26.2 Å². The molecule has 0 bridgehead atoms. The molecule has 0 spiro atoms. The normalized spacial score (nSPS) is 6.67. The second kappa shape index (κ2) is 23.6. The van der Waals surface area contributed by atoms with Gasteiger partial charge in [0, 0.05) is 46.6 Å². The number of hydrogen-bond donors (Lipinski definition) is 4. The van der Waals surface area contributed by atoms with Crippen LogP contribution in [0.15, 0.2) is 0 Å². The monoisotopic (exact) mass is 226 g/mol. The van der Waals surface area contributed by atoms with Crippen molar-refractivity contribution in [1.29, 1.82) is 0 Å². The second-order valence-corrected chi connectivity index (χ2v) is 1.15. The third-order valence-electron chi connectivity index (χ3n) is 0.333. The first-order chi connectivity index (χ1) is 3.83. The summed E-state index contributed by atoms with van der Waals surface area (Å²) in [5.74, 6) is 0. The van der Waals surface area contributed by atoms with E-state index >= 15 is 0 Å². The summed E-state index contributed by atoms with van der Waals surface area (Å²) in [7, 11) is 0. The van der Waals surface area contributed by atoms with E-state index in [0.717, 1.165) is 0 Å². The molecule has 0 radical (unpaired) electrons. The minimum atomic E-state index is 0. The van der Waals surface area contributed by atoms with E-state index in [1.54, 1.807) is 0 Å². The van der Waals surface area contributed by atoms with Gasteiger partial charge in [-0.1, -0.05) is 0 Å². The Bertz CT molecular complexity index is 20.5. The van der Waals surface area contributed by atoms with E-state index in [2.05, 4.69) is 0 Å². The standard InChI is InChI=1S/2C2H8N2.Pd/c2*3-1-2-4;/h2*1-4H2;. The molecule has 0 saturated heterocycles. The molecule has 5 heteroatoms. The molecule has 0 aliphatic rings. The first-order valence-electron chi connectivity index (χ1n) is 2.63. The average molecular weight is 227 g/mol. The van der Waals surface area contributed by atoms with Gasteiger partial charge in [0.25, 0.3) is 0 Å². The van der Waals surface area contributed by atoms with E-state index < -0.39 is 0 Å². The van der Waals surface area contributed by atoms with Crippen molar-refractivity contribution >= 4 is 0 Å². The Morgan fingerprint density at radius 1 is 0.556 bits per heavy atom. The van der Waals surface area contributed by atoms with Crippen molar-refractivity contribution < 1.29 is 20.4 Å². The summed E-state index contributed by atoms with van der Waals surface area (Å²) in [4.78, 5) is 0. The number of hydrogen-bond acceptors (Lipinski definition) is 4. The summed E-state index contributed by atoms with van der Waals surface area (Å²) in [6.07, 6.45) is 0. The SMILES string of the molecule is NCCN.NCCN.[Pd]. The predicted molar refractivity (Wildman–Crippen MR) is 36.2 cm³/mol. The van der Waals surface area contributed by atoms with Crippen LogP contribution >= 0.6 is 0 Å². The Labute approximate surface area is 70.0 Å². The number of nitrogens with two attached hydrogens (primary N) is 4. The number of rotatable bonds is 2. The topological polar surface area (TPSA) is 104 Å². The summed E-state index contributed by atoms with van der Waals surface area (Å²) in [5.41, 5.74) is 19.6. The van der Waals surface area contributed by atoms with Gasteiger partial charge in [0.2, 0.25) is 0 Å². The van der Waals surface area contributed by atoms with Gasteiger partial charge in [-0.25, -0.2) is 0 Å². The van der Waals surface area contributed by atoms with E-state index in [4.69, 9.17) is 22.9 Å². The van der Waals surface area contributed by atoms with E-state index in [9.17, 15) is 0 Å². The van der Waals surface area contributed by atoms with Crippen LogP contribution in [-0.4, -0.2) is 26.2 Å². The summed E-state index contributed by atoms with van der Waals surface area (Å²) >= 11 is 0. The molecule has 0 amide bonds. The van der Waals surface area contributed by atoms with Crippen molar-refractivity contribution in [3.63, 3.8) is 0 Å². The fourth-order valence-electron chi connectivity index (χ4n) is 0. The van der Waals surface area contributed by atoms with Crippen LogP contribution in [0.25, 0.3) is 0 Å². The second-order valence-electron chi connectivity index (χ2n) is 1.15. The van der Waals surface area contributed by atoms with Crippen LogP contribution in [0, 0.1) is 0 Å². The molecule has 9 heavy (non-hydrogen) atoms. The van der Waals surface area contributed by atoms with Crippen molar-refractivity contribution in [3.8, 4) is 0 Å². The summed E-state index contributed by atoms with van der Waals surface area (Å²) in [6.45, 7) is 2.39. The zero-order valence-corrected chi connectivity index (χ0v) is 7.01. The molecule has 0 aliphatic heterocycles. The van der Waals surface area contributed by atoms with Crippen molar-refractivity contribution in [2.24, 2.45) is 22.9 Å². The van der Waals surface area contributed by atoms with Crippen molar-refractivity contribution in [1.82, 2.24) is 0 Å². The van der Waals surface area contributed by atoms with Gasteiger partial charge >= 0.3 is 0 Å². The molecule has 0 aromatic carbocycles. The van der Waals surface area contributed by atoms with Crippen LogP contribution in [0.5, 0.6) is 0 Å². The Balaban J connectivity index is -0.0000000720. The molecule has 0 aromatic rings. The van der Waals surface area contributed by atoms with Crippen LogP contribution in [0.4, 0.5) is 0 Å². The van der Waals surface area contributed by atoms with Gasteiger partial charge in [0.1, 0.15) is 0 Å². The molecule has 0 heterocycles. The Kier molecular flexibility index (Phi) is 42.6. The maximum Gasteiger partial charge on any atom is 0.00461 e. The largest absolute Gasteiger partial charge is 0.329 e. The molecule has 0 aromatic heterocycles. The Morgan fingerprint density at radius 2 is 0.667 bits per heavy atom. The Hall–Kier alpha value is 0.502. The molecule has 4 nitrogen and oxygen atoms in total. The maximum atomic E-state index is 4.90. The van der Waals surface area contributed by atoms with Crippen LogP contribution < -0.4 is 22.9 Å². The molecule has 62 valence electrons. The van der Waals surface area contributed by atoms with Crippen molar-refractivity contribution in [3.05, 3.63) is 0 Å². The van der Waals surface area contributed by atoms with Gasteiger partial charge in [0.05, 0.1) is 0 Å². The van der Waals surface area contributed by atoms with Crippen molar-refractivity contribution in [2.45, 2.75) is 0 Å². The van der Waals surface area contributed by atoms with Crippen LogP contribution in [0.1, 0.15) is 0 Å². The van der Waals surface area contributed by atoms with E-state index in [1.165, 1.54) is 0 Å². The van der Waals surface area contributed by atoms with Gasteiger partial charge in [-0.3, -0.25) is 0 Å². The molecule has 0 saturated carbocycles. The quantitative estimate of drug-likeness (QED) is 0.401. The van der Waals surface area contributed by atoms with Crippen LogP contribution in [-0.2, 0) is 20.4 Å². The first kappa shape index (κ1) is 16.2. The van der Waals surface area contributed by atoms with Gasteiger partial charge in [0.15, 0.2) is 0 Å². The fourth-order valence-corrected chi connectivity index (χ4v) is 0. The molecule has 0 fully saturated rings. The van der Waals surface area contributed by atoms with Crippen LogP contribution in [0.3, 0.4) is 0 Å². The summed E-state index contributed by atoms with van der Waals surface area (Å²) in [6, 6.07) is 0. The average Bonchev–Trinajstić information content (AvgIpc) is 1.88. The molecule has 0 unspecified atom stereocenters. The van der Waals surface area contributed by atoms with E-state index in [-0.39, 0.29) is 20.4 Å². The summed E-state index contributed by atoms with van der Waals surface area (Å²) in [5, 5.41) is 0. The molecule has 0 aliphatic carbocycles. The smallest absolute Gasteiger partial charge is 0.00461 e. The predicted octanol–water partition coefficient (Wildman–Crippen LogP) is -2.19. The minimum Gasteiger partial charge on any atom is -0.329 e. The molecule has 8 N–H and O–H groups in total. The zero-order valence-electron chi connectivity index (χ0n) is 5.45. The fraction of sp³-hybridized carbons (Fsp3) is 1.00.